The minimum Gasteiger partial charge on any atom is -0.395 e. The monoisotopic (exact) mass is 284 g/mol. The zero-order valence-electron chi connectivity index (χ0n) is 8.77. The predicted molar refractivity (Wildman–Crippen MR) is 64.9 cm³/mol. The molecule has 0 saturated carbocycles. The van der Waals surface area contributed by atoms with Gasteiger partial charge >= 0.3 is 0 Å². The highest BCUT2D eigenvalue weighted by Crippen LogP contribution is 2.24. The fourth-order valence-electron chi connectivity index (χ4n) is 1.81. The Labute approximate surface area is 103 Å². The Hall–Kier alpha value is -0.910. The molecule has 0 aromatic heterocycles. The summed E-state index contributed by atoms with van der Waals surface area (Å²) >= 11 is 3.36. The van der Waals surface area contributed by atoms with Crippen LogP contribution in [0, 0.1) is 0 Å². The van der Waals surface area contributed by atoms with Crippen molar-refractivity contribution < 1.29 is 9.90 Å². The molecule has 0 radical (unpaired) electrons. The van der Waals surface area contributed by atoms with E-state index in [4.69, 9.17) is 5.11 Å². The van der Waals surface area contributed by atoms with Gasteiger partial charge in [-0.15, -0.1) is 0 Å². The zero-order valence-corrected chi connectivity index (χ0v) is 10.4. The molecule has 1 aromatic carbocycles. The quantitative estimate of drug-likeness (QED) is 0.913. The van der Waals surface area contributed by atoms with E-state index in [1.165, 1.54) is 0 Å². The molecule has 0 spiro atoms. The van der Waals surface area contributed by atoms with Gasteiger partial charge < -0.3 is 5.11 Å². The molecule has 0 atom stereocenters. The number of benzene rings is 1. The summed E-state index contributed by atoms with van der Waals surface area (Å²) < 4.78 is 0.983. The van der Waals surface area contributed by atoms with E-state index < -0.39 is 0 Å². The summed E-state index contributed by atoms with van der Waals surface area (Å²) in [5.74, 6) is 0.0794. The van der Waals surface area contributed by atoms with Crippen molar-refractivity contribution in [1.82, 2.24) is 5.01 Å². The molecule has 0 unspecified atom stereocenters. The third-order valence-corrected chi connectivity index (χ3v) is 3.06. The molecule has 1 saturated heterocycles. The van der Waals surface area contributed by atoms with E-state index in [0.29, 0.717) is 19.5 Å². The fraction of sp³-hybridized carbons (Fsp3) is 0.364. The topological polar surface area (TPSA) is 43.8 Å². The molecule has 4 nitrogen and oxygen atoms in total. The maximum Gasteiger partial charge on any atom is 0.242 e. The first kappa shape index (κ1) is 11.6. The van der Waals surface area contributed by atoms with Crippen LogP contribution in [0.15, 0.2) is 28.7 Å². The molecule has 16 heavy (non-hydrogen) atoms. The van der Waals surface area contributed by atoms with Crippen molar-refractivity contribution >= 4 is 27.5 Å². The summed E-state index contributed by atoms with van der Waals surface area (Å²) in [7, 11) is 0. The smallest absolute Gasteiger partial charge is 0.242 e. The second kappa shape index (κ2) is 4.95. The Bertz CT molecular complexity index is 380. The summed E-state index contributed by atoms with van der Waals surface area (Å²) in [6.45, 7) is 1.22. The van der Waals surface area contributed by atoms with Crippen molar-refractivity contribution in [2.75, 3.05) is 24.7 Å². The summed E-state index contributed by atoms with van der Waals surface area (Å²) in [5.41, 5.74) is 0.846. The molecule has 2 rings (SSSR count). The van der Waals surface area contributed by atoms with Gasteiger partial charge in [-0.3, -0.25) is 4.79 Å². The minimum absolute atomic E-state index is 0.0559. The van der Waals surface area contributed by atoms with Crippen LogP contribution >= 0.6 is 15.9 Å². The maximum atomic E-state index is 11.7. The third kappa shape index (κ3) is 2.26. The second-order valence-electron chi connectivity index (χ2n) is 3.61. The number of hydrogen-bond donors (Lipinski definition) is 1. The lowest BCUT2D eigenvalue weighted by molar-refractivity contribution is -0.118. The van der Waals surface area contributed by atoms with Crippen molar-refractivity contribution in [3.05, 3.63) is 28.7 Å². The Kier molecular flexibility index (Phi) is 3.58. The molecule has 1 N–H and O–H groups in total. The molecule has 0 bridgehead atoms. The first-order valence-electron chi connectivity index (χ1n) is 5.16. The van der Waals surface area contributed by atoms with Crippen LogP contribution in [-0.2, 0) is 4.79 Å². The van der Waals surface area contributed by atoms with Crippen LogP contribution in [0.4, 0.5) is 5.69 Å². The average molecular weight is 285 g/mol. The van der Waals surface area contributed by atoms with Crippen molar-refractivity contribution in [2.45, 2.75) is 6.42 Å². The predicted octanol–water partition coefficient (Wildman–Crippen LogP) is 1.40. The lowest BCUT2D eigenvalue weighted by atomic mass is 10.3. The molecule has 1 heterocycles. The molecule has 1 aliphatic heterocycles. The lowest BCUT2D eigenvalue weighted by Crippen LogP contribution is -2.40. The maximum absolute atomic E-state index is 11.7. The standard InChI is InChI=1S/C11H13BrN2O2/c12-9-1-3-10(4-2-9)14-11(16)5-6-13(14)7-8-15/h1-4,15H,5-8H2. The molecular weight excluding hydrogens is 272 g/mol. The van der Waals surface area contributed by atoms with E-state index in [9.17, 15) is 4.79 Å². The van der Waals surface area contributed by atoms with Gasteiger partial charge in [-0.2, -0.15) is 0 Å². The number of nitrogens with zero attached hydrogens (tertiary/aromatic N) is 2. The fourth-order valence-corrected chi connectivity index (χ4v) is 2.07. The first-order chi connectivity index (χ1) is 7.72. The van der Waals surface area contributed by atoms with Gasteiger partial charge in [0.2, 0.25) is 5.91 Å². The number of halogens is 1. The van der Waals surface area contributed by atoms with Crippen molar-refractivity contribution in [2.24, 2.45) is 0 Å². The van der Waals surface area contributed by atoms with E-state index in [0.717, 1.165) is 10.2 Å². The number of β-amino-alcohol motifs (C(OH)–C–C–N with tert-alkyl or cyclic N) is 1. The van der Waals surface area contributed by atoms with Crippen LogP contribution in [0.3, 0.4) is 0 Å². The number of amides is 1. The molecule has 1 amide bonds. The van der Waals surface area contributed by atoms with E-state index in [-0.39, 0.29) is 12.5 Å². The van der Waals surface area contributed by atoms with E-state index in [2.05, 4.69) is 15.9 Å². The number of carbonyl (C=O) groups excluding carboxylic acids is 1. The number of anilines is 1. The Balaban J connectivity index is 2.22. The van der Waals surface area contributed by atoms with E-state index >= 15 is 0 Å². The summed E-state index contributed by atoms with van der Waals surface area (Å²) in [6.07, 6.45) is 0.510. The highest BCUT2D eigenvalue weighted by molar-refractivity contribution is 9.10. The zero-order chi connectivity index (χ0) is 11.5. The lowest BCUT2D eigenvalue weighted by Gasteiger charge is -2.27. The first-order valence-corrected chi connectivity index (χ1v) is 5.96. The summed E-state index contributed by atoms with van der Waals surface area (Å²) in [6, 6.07) is 7.57. The van der Waals surface area contributed by atoms with E-state index in [1.807, 2.05) is 29.3 Å². The highest BCUT2D eigenvalue weighted by atomic mass is 79.9. The Morgan fingerprint density at radius 1 is 1.31 bits per heavy atom. The highest BCUT2D eigenvalue weighted by Gasteiger charge is 2.29. The second-order valence-corrected chi connectivity index (χ2v) is 4.52. The van der Waals surface area contributed by atoms with Gasteiger partial charge in [0.25, 0.3) is 0 Å². The molecule has 86 valence electrons. The Morgan fingerprint density at radius 2 is 2.00 bits per heavy atom. The van der Waals surface area contributed by atoms with Crippen LogP contribution in [-0.4, -0.2) is 35.7 Å². The number of aliphatic hydroxyl groups excluding tert-OH is 1. The van der Waals surface area contributed by atoms with Crippen LogP contribution < -0.4 is 5.01 Å². The normalized spacial score (nSPS) is 17.1. The number of aliphatic hydroxyl groups is 1. The van der Waals surface area contributed by atoms with Crippen molar-refractivity contribution in [3.8, 4) is 0 Å². The van der Waals surface area contributed by atoms with E-state index in [1.54, 1.807) is 5.01 Å². The third-order valence-electron chi connectivity index (χ3n) is 2.53. The van der Waals surface area contributed by atoms with Crippen LogP contribution in [0.2, 0.25) is 0 Å². The summed E-state index contributed by atoms with van der Waals surface area (Å²) in [5, 5.41) is 12.4. The van der Waals surface area contributed by atoms with Gasteiger partial charge in [-0.1, -0.05) is 15.9 Å². The SMILES string of the molecule is O=C1CCN(CCO)N1c1ccc(Br)cc1. The molecule has 1 fully saturated rings. The van der Waals surface area contributed by atoms with Gasteiger partial charge in [0, 0.05) is 24.0 Å². The van der Waals surface area contributed by atoms with Crippen LogP contribution in [0.5, 0.6) is 0 Å². The van der Waals surface area contributed by atoms with Gasteiger partial charge in [0.15, 0.2) is 0 Å². The van der Waals surface area contributed by atoms with Crippen LogP contribution in [0.25, 0.3) is 0 Å². The number of hydrazine groups is 1. The van der Waals surface area contributed by atoms with Gasteiger partial charge in [0.05, 0.1) is 12.3 Å². The minimum atomic E-state index is 0.0559. The van der Waals surface area contributed by atoms with Crippen molar-refractivity contribution in [1.29, 1.82) is 0 Å². The van der Waals surface area contributed by atoms with Gasteiger partial charge in [0.1, 0.15) is 0 Å². The number of rotatable bonds is 3. The van der Waals surface area contributed by atoms with Crippen molar-refractivity contribution in [3.63, 3.8) is 0 Å². The van der Waals surface area contributed by atoms with Gasteiger partial charge in [-0.05, 0) is 24.3 Å². The molecule has 1 aliphatic rings. The average Bonchev–Trinajstić information content (AvgIpc) is 2.62. The molecule has 5 heteroatoms. The number of carbonyl (C=O) groups is 1. The Morgan fingerprint density at radius 3 is 2.62 bits per heavy atom. The summed E-state index contributed by atoms with van der Waals surface area (Å²) in [4.78, 5) is 11.7. The van der Waals surface area contributed by atoms with Gasteiger partial charge in [-0.25, -0.2) is 10.0 Å². The number of hydrogen-bond acceptors (Lipinski definition) is 3. The molecule has 1 aromatic rings. The molecule has 0 aliphatic carbocycles. The largest absolute Gasteiger partial charge is 0.395 e. The molecular formula is C11H13BrN2O2. The van der Waals surface area contributed by atoms with Crippen LogP contribution in [0.1, 0.15) is 6.42 Å².